The number of benzene rings is 1. The molecule has 0 fully saturated rings. The molecule has 0 saturated carbocycles. The molecular formula is C13H14N2O4. The summed E-state index contributed by atoms with van der Waals surface area (Å²) in [5.74, 6) is 1.22. The molecule has 0 saturated heterocycles. The van der Waals surface area contributed by atoms with Crippen LogP contribution >= 0.6 is 0 Å². The monoisotopic (exact) mass is 262 g/mol. The lowest BCUT2D eigenvalue weighted by Gasteiger charge is -2.08. The minimum atomic E-state index is -0.228. The van der Waals surface area contributed by atoms with Crippen LogP contribution in [0.5, 0.6) is 11.5 Å². The highest BCUT2D eigenvalue weighted by Gasteiger charge is 2.20. The predicted octanol–water partition coefficient (Wildman–Crippen LogP) is 2.14. The lowest BCUT2D eigenvalue weighted by Crippen LogP contribution is -1.97. The summed E-state index contributed by atoms with van der Waals surface area (Å²) in [6.07, 6.45) is 0. The van der Waals surface area contributed by atoms with Crippen molar-refractivity contribution >= 4 is 11.8 Å². The molecule has 19 heavy (non-hydrogen) atoms. The van der Waals surface area contributed by atoms with Gasteiger partial charge in [-0.25, -0.2) is 0 Å². The first-order valence-electron chi connectivity index (χ1n) is 5.56. The van der Waals surface area contributed by atoms with E-state index in [2.05, 4.69) is 4.98 Å². The van der Waals surface area contributed by atoms with Crippen LogP contribution in [0.15, 0.2) is 22.6 Å². The maximum atomic E-state index is 11.5. The number of nitrogens with zero attached hydrogens (tertiary/aromatic N) is 1. The van der Waals surface area contributed by atoms with Crippen molar-refractivity contribution in [3.05, 3.63) is 23.9 Å². The van der Waals surface area contributed by atoms with Crippen LogP contribution < -0.4 is 15.2 Å². The molecule has 0 aliphatic heterocycles. The van der Waals surface area contributed by atoms with E-state index in [1.807, 2.05) is 0 Å². The normalized spacial score (nSPS) is 10.3. The molecule has 6 heteroatoms. The van der Waals surface area contributed by atoms with Crippen molar-refractivity contribution in [2.45, 2.75) is 6.92 Å². The molecule has 0 aliphatic carbocycles. The summed E-state index contributed by atoms with van der Waals surface area (Å²) in [7, 11) is 3.08. The zero-order valence-corrected chi connectivity index (χ0v) is 10.9. The van der Waals surface area contributed by atoms with Crippen LogP contribution in [0.2, 0.25) is 0 Å². The Labute approximate surface area is 110 Å². The Morgan fingerprint density at radius 2 is 2.05 bits per heavy atom. The van der Waals surface area contributed by atoms with Gasteiger partial charge in [-0.05, 0) is 12.1 Å². The van der Waals surface area contributed by atoms with Crippen molar-refractivity contribution in [2.24, 2.45) is 0 Å². The second-order valence-corrected chi connectivity index (χ2v) is 3.85. The number of methoxy groups -OCH3 is 2. The molecule has 6 nitrogen and oxygen atoms in total. The molecule has 0 amide bonds. The maximum absolute atomic E-state index is 11.5. The van der Waals surface area contributed by atoms with E-state index < -0.39 is 0 Å². The number of hydrogen-bond donors (Lipinski definition) is 1. The van der Waals surface area contributed by atoms with Gasteiger partial charge in [0.2, 0.25) is 0 Å². The van der Waals surface area contributed by atoms with Crippen LogP contribution in [0.4, 0.5) is 6.01 Å². The number of Topliss-reactive ketones (excluding diaryl/α,β-unsaturated/α-hetero) is 1. The molecular weight excluding hydrogens is 248 g/mol. The van der Waals surface area contributed by atoms with Gasteiger partial charge in [-0.15, -0.1) is 0 Å². The molecule has 100 valence electrons. The van der Waals surface area contributed by atoms with Gasteiger partial charge in [0.25, 0.3) is 6.01 Å². The number of ketones is 1. The summed E-state index contributed by atoms with van der Waals surface area (Å²) in [5.41, 5.74) is 6.28. The van der Waals surface area contributed by atoms with Crippen LogP contribution in [0.1, 0.15) is 17.4 Å². The van der Waals surface area contributed by atoms with E-state index in [9.17, 15) is 4.79 Å². The van der Waals surface area contributed by atoms with Gasteiger partial charge in [0.1, 0.15) is 11.5 Å². The Morgan fingerprint density at radius 3 is 2.63 bits per heavy atom. The van der Waals surface area contributed by atoms with Crippen molar-refractivity contribution in [3.63, 3.8) is 0 Å². The molecule has 0 unspecified atom stereocenters. The van der Waals surface area contributed by atoms with Gasteiger partial charge in [-0.2, -0.15) is 4.98 Å². The van der Waals surface area contributed by atoms with E-state index in [1.165, 1.54) is 14.0 Å². The van der Waals surface area contributed by atoms with Crippen molar-refractivity contribution in [2.75, 3.05) is 20.0 Å². The molecule has 1 aromatic carbocycles. The zero-order chi connectivity index (χ0) is 14.0. The van der Waals surface area contributed by atoms with Gasteiger partial charge in [-0.1, -0.05) is 0 Å². The Hall–Kier alpha value is -2.50. The molecule has 1 aromatic heterocycles. The minimum absolute atomic E-state index is 0.0573. The topological polar surface area (TPSA) is 87.6 Å². The van der Waals surface area contributed by atoms with E-state index in [1.54, 1.807) is 25.3 Å². The summed E-state index contributed by atoms with van der Waals surface area (Å²) in [5, 5.41) is 0. The number of oxazole rings is 1. The molecule has 0 atom stereocenters. The van der Waals surface area contributed by atoms with Crippen LogP contribution in [-0.2, 0) is 0 Å². The van der Waals surface area contributed by atoms with Gasteiger partial charge < -0.3 is 19.6 Å². The van der Waals surface area contributed by atoms with Gasteiger partial charge in [0, 0.05) is 13.0 Å². The largest absolute Gasteiger partial charge is 0.497 e. The molecule has 2 rings (SSSR count). The molecule has 0 aliphatic rings. The number of hydrogen-bond acceptors (Lipinski definition) is 6. The first-order valence-corrected chi connectivity index (χ1v) is 5.56. The number of rotatable bonds is 4. The van der Waals surface area contributed by atoms with Crippen molar-refractivity contribution in [1.82, 2.24) is 4.98 Å². The van der Waals surface area contributed by atoms with Crippen LogP contribution in [0.25, 0.3) is 11.3 Å². The molecule has 2 N–H and O–H groups in total. The third-order valence-corrected chi connectivity index (χ3v) is 2.63. The van der Waals surface area contributed by atoms with E-state index in [4.69, 9.17) is 19.6 Å². The van der Waals surface area contributed by atoms with Crippen molar-refractivity contribution in [1.29, 1.82) is 0 Å². The Balaban J connectivity index is 2.61. The Bertz CT molecular complexity index is 619. The Morgan fingerprint density at radius 1 is 1.32 bits per heavy atom. The summed E-state index contributed by atoms with van der Waals surface area (Å²) in [6, 6.07) is 5.10. The van der Waals surface area contributed by atoms with E-state index in [-0.39, 0.29) is 17.5 Å². The minimum Gasteiger partial charge on any atom is -0.497 e. The highest BCUT2D eigenvalue weighted by Crippen LogP contribution is 2.36. The third kappa shape index (κ3) is 2.37. The molecule has 1 heterocycles. The number of ether oxygens (including phenoxy) is 2. The lowest BCUT2D eigenvalue weighted by atomic mass is 10.1. The van der Waals surface area contributed by atoms with E-state index in [0.29, 0.717) is 22.8 Å². The zero-order valence-electron chi connectivity index (χ0n) is 10.9. The summed E-state index contributed by atoms with van der Waals surface area (Å²) in [4.78, 5) is 15.4. The first kappa shape index (κ1) is 12.9. The van der Waals surface area contributed by atoms with Crippen molar-refractivity contribution < 1.29 is 18.7 Å². The van der Waals surface area contributed by atoms with Crippen LogP contribution in [0.3, 0.4) is 0 Å². The quantitative estimate of drug-likeness (QED) is 0.849. The van der Waals surface area contributed by atoms with Gasteiger partial charge in [-0.3, -0.25) is 4.79 Å². The average Bonchev–Trinajstić information content (AvgIpc) is 2.80. The first-order chi connectivity index (χ1) is 9.06. The van der Waals surface area contributed by atoms with E-state index >= 15 is 0 Å². The fraction of sp³-hybridized carbons (Fsp3) is 0.231. The highest BCUT2D eigenvalue weighted by atomic mass is 16.5. The number of nitrogens with two attached hydrogens (primary N) is 1. The standard InChI is InChI=1S/C13H14N2O4/c1-7(16)11-12(19-13(14)15-11)9-5-4-8(17-2)6-10(9)18-3/h4-6H,1-3H3,(H2,14,15). The van der Waals surface area contributed by atoms with Gasteiger partial charge in [0.05, 0.1) is 19.8 Å². The SMILES string of the molecule is COc1ccc(-c2oc(N)nc2C(C)=O)c(OC)c1. The summed E-state index contributed by atoms with van der Waals surface area (Å²) >= 11 is 0. The molecule has 0 spiro atoms. The third-order valence-electron chi connectivity index (χ3n) is 2.63. The summed E-state index contributed by atoms with van der Waals surface area (Å²) < 4.78 is 15.7. The maximum Gasteiger partial charge on any atom is 0.293 e. The smallest absolute Gasteiger partial charge is 0.293 e. The summed E-state index contributed by atoms with van der Waals surface area (Å²) in [6.45, 7) is 1.40. The van der Waals surface area contributed by atoms with Crippen LogP contribution in [0, 0.1) is 0 Å². The van der Waals surface area contributed by atoms with Crippen LogP contribution in [-0.4, -0.2) is 25.0 Å². The van der Waals surface area contributed by atoms with Gasteiger partial charge >= 0.3 is 0 Å². The number of carbonyl (C=O) groups is 1. The van der Waals surface area contributed by atoms with Gasteiger partial charge in [0.15, 0.2) is 17.2 Å². The Kier molecular flexibility index (Phi) is 3.41. The average molecular weight is 262 g/mol. The fourth-order valence-corrected chi connectivity index (χ4v) is 1.74. The molecule has 0 radical (unpaired) electrons. The predicted molar refractivity (Wildman–Crippen MR) is 69.5 cm³/mol. The fourth-order valence-electron chi connectivity index (χ4n) is 1.74. The lowest BCUT2D eigenvalue weighted by molar-refractivity contribution is 0.101. The second kappa shape index (κ2) is 5.01. The molecule has 0 bridgehead atoms. The second-order valence-electron chi connectivity index (χ2n) is 3.85. The van der Waals surface area contributed by atoms with Crippen molar-refractivity contribution in [3.8, 4) is 22.8 Å². The van der Waals surface area contributed by atoms with E-state index in [0.717, 1.165) is 0 Å². The number of nitrogen functional groups attached to an aromatic ring is 1. The number of aromatic nitrogens is 1. The molecule has 2 aromatic rings. The highest BCUT2D eigenvalue weighted by molar-refractivity contribution is 5.98. The number of carbonyl (C=O) groups excluding carboxylic acids is 1. The number of anilines is 1.